The van der Waals surface area contributed by atoms with Crippen molar-refractivity contribution in [2.75, 3.05) is 10.6 Å². The topological polar surface area (TPSA) is 88.9 Å². The summed E-state index contributed by atoms with van der Waals surface area (Å²) < 4.78 is 40.0. The number of hydrogen-bond donors (Lipinski definition) is 2. The predicted octanol–water partition coefficient (Wildman–Crippen LogP) is 2.37. The number of pyridine rings is 1. The van der Waals surface area contributed by atoms with Gasteiger partial charge >= 0.3 is 6.18 Å². The maximum Gasteiger partial charge on any atom is 0.411 e. The molecule has 2 rings (SSSR count). The minimum absolute atomic E-state index is 0.0286. The predicted molar refractivity (Wildman–Crippen MR) is 79.1 cm³/mol. The highest BCUT2D eigenvalue weighted by atomic mass is 19.4. The van der Waals surface area contributed by atoms with Crippen LogP contribution >= 0.6 is 0 Å². The summed E-state index contributed by atoms with van der Waals surface area (Å²) in [6.07, 6.45) is -1.84. The van der Waals surface area contributed by atoms with E-state index < -0.39 is 30.5 Å². The summed E-state index contributed by atoms with van der Waals surface area (Å²) in [6, 6.07) is 2.23. The zero-order valence-corrected chi connectivity index (χ0v) is 12.5. The van der Waals surface area contributed by atoms with Crippen LogP contribution in [0.2, 0.25) is 0 Å². The number of carbonyl (C=O) groups is 2. The highest BCUT2D eigenvalue weighted by molar-refractivity contribution is 5.97. The quantitative estimate of drug-likeness (QED) is 0.874. The van der Waals surface area contributed by atoms with Gasteiger partial charge in [0.15, 0.2) is 11.9 Å². The van der Waals surface area contributed by atoms with Crippen LogP contribution in [0, 0.1) is 0 Å². The van der Waals surface area contributed by atoms with Gasteiger partial charge in [-0.3, -0.25) is 14.3 Å². The molecule has 128 valence electrons. The summed E-state index contributed by atoms with van der Waals surface area (Å²) >= 11 is 0. The monoisotopic (exact) mass is 341 g/mol. The molecular weight excluding hydrogens is 327 g/mol. The minimum atomic E-state index is -4.64. The fourth-order valence-electron chi connectivity index (χ4n) is 1.98. The van der Waals surface area contributed by atoms with Gasteiger partial charge in [0.25, 0.3) is 0 Å². The lowest BCUT2D eigenvalue weighted by Gasteiger charge is -2.20. The van der Waals surface area contributed by atoms with Crippen molar-refractivity contribution in [2.45, 2.75) is 25.6 Å². The van der Waals surface area contributed by atoms with E-state index in [2.05, 4.69) is 20.7 Å². The van der Waals surface area contributed by atoms with Crippen LogP contribution in [0.1, 0.15) is 19.4 Å². The molecule has 0 aliphatic carbocycles. The lowest BCUT2D eigenvalue weighted by Crippen LogP contribution is -2.31. The first-order valence-electron chi connectivity index (χ1n) is 6.85. The first-order valence-corrected chi connectivity index (χ1v) is 6.85. The van der Waals surface area contributed by atoms with Crippen molar-refractivity contribution in [1.82, 2.24) is 14.8 Å². The van der Waals surface area contributed by atoms with E-state index in [1.807, 2.05) is 0 Å². The number of alkyl halides is 3. The van der Waals surface area contributed by atoms with E-state index in [-0.39, 0.29) is 11.5 Å². The van der Waals surface area contributed by atoms with Gasteiger partial charge in [0, 0.05) is 25.5 Å². The molecule has 0 saturated carbocycles. The molecule has 2 aromatic rings. The third-order valence-corrected chi connectivity index (χ3v) is 2.98. The van der Waals surface area contributed by atoms with E-state index in [4.69, 9.17) is 0 Å². The Kier molecular flexibility index (Phi) is 5.17. The number of rotatable bonds is 5. The standard InChI is InChI=1S/C14H14F3N5O2/c1-9(23)20-10-4-2-5-18-13(10)21-12(24)8-11(14(15,16)17)22-7-3-6-19-22/h2-7,11H,8H2,1H3,(H,20,23)(H,18,21,24). The van der Waals surface area contributed by atoms with Gasteiger partial charge in [-0.05, 0) is 18.2 Å². The van der Waals surface area contributed by atoms with Gasteiger partial charge in [0.05, 0.1) is 12.1 Å². The summed E-state index contributed by atoms with van der Waals surface area (Å²) in [5, 5.41) is 8.25. The summed E-state index contributed by atoms with van der Waals surface area (Å²) in [5.41, 5.74) is 0.195. The van der Waals surface area contributed by atoms with E-state index in [0.717, 1.165) is 6.20 Å². The van der Waals surface area contributed by atoms with E-state index >= 15 is 0 Å². The second kappa shape index (κ2) is 7.11. The molecule has 2 aromatic heterocycles. The summed E-state index contributed by atoms with van der Waals surface area (Å²) in [7, 11) is 0. The fourth-order valence-corrected chi connectivity index (χ4v) is 1.98. The Bertz CT molecular complexity index is 715. The van der Waals surface area contributed by atoms with Crippen molar-refractivity contribution in [1.29, 1.82) is 0 Å². The Morgan fingerprint density at radius 3 is 2.58 bits per heavy atom. The van der Waals surface area contributed by atoms with Gasteiger partial charge in [-0.1, -0.05) is 0 Å². The molecule has 2 N–H and O–H groups in total. The number of nitrogens with zero attached hydrogens (tertiary/aromatic N) is 3. The van der Waals surface area contributed by atoms with Crippen LogP contribution in [0.4, 0.5) is 24.7 Å². The Balaban J connectivity index is 2.14. The van der Waals surface area contributed by atoms with Crippen molar-refractivity contribution in [3.63, 3.8) is 0 Å². The number of aromatic nitrogens is 3. The van der Waals surface area contributed by atoms with Gasteiger partial charge in [-0.2, -0.15) is 18.3 Å². The van der Waals surface area contributed by atoms with Crippen LogP contribution < -0.4 is 10.6 Å². The molecule has 0 aliphatic rings. The zero-order valence-electron chi connectivity index (χ0n) is 12.5. The molecule has 0 aromatic carbocycles. The second-order valence-corrected chi connectivity index (χ2v) is 4.88. The number of nitrogens with one attached hydrogen (secondary N) is 2. The van der Waals surface area contributed by atoms with Crippen molar-refractivity contribution in [3.05, 3.63) is 36.8 Å². The largest absolute Gasteiger partial charge is 0.411 e. The smallest absolute Gasteiger partial charge is 0.323 e. The molecule has 10 heteroatoms. The zero-order chi connectivity index (χ0) is 17.7. The SMILES string of the molecule is CC(=O)Nc1cccnc1NC(=O)CC(n1cccn1)C(F)(F)F. The van der Waals surface area contributed by atoms with Crippen molar-refractivity contribution >= 4 is 23.3 Å². The number of hydrogen-bond acceptors (Lipinski definition) is 4. The molecule has 1 unspecified atom stereocenters. The van der Waals surface area contributed by atoms with Gasteiger partial charge in [0.2, 0.25) is 11.8 Å². The molecule has 0 spiro atoms. The van der Waals surface area contributed by atoms with Gasteiger partial charge < -0.3 is 10.6 Å². The number of halogens is 3. The molecule has 0 fully saturated rings. The molecule has 0 saturated heterocycles. The van der Waals surface area contributed by atoms with Crippen molar-refractivity contribution in [2.24, 2.45) is 0 Å². The van der Waals surface area contributed by atoms with Crippen LogP contribution in [0.5, 0.6) is 0 Å². The Labute approximate surface area is 134 Å². The van der Waals surface area contributed by atoms with Gasteiger partial charge in [-0.15, -0.1) is 0 Å². The Hall–Kier alpha value is -2.91. The Morgan fingerprint density at radius 2 is 2.00 bits per heavy atom. The first-order chi connectivity index (χ1) is 11.3. The second-order valence-electron chi connectivity index (χ2n) is 4.88. The van der Waals surface area contributed by atoms with Crippen LogP contribution in [0.3, 0.4) is 0 Å². The summed E-state index contributed by atoms with van der Waals surface area (Å²) in [6.45, 7) is 1.26. The van der Waals surface area contributed by atoms with Crippen molar-refractivity contribution in [3.8, 4) is 0 Å². The number of anilines is 2. The third-order valence-electron chi connectivity index (χ3n) is 2.98. The molecule has 0 aliphatic heterocycles. The first kappa shape index (κ1) is 17.4. The lowest BCUT2D eigenvalue weighted by atomic mass is 10.2. The normalized spacial score (nSPS) is 12.5. The van der Waals surface area contributed by atoms with E-state index in [1.54, 1.807) is 0 Å². The van der Waals surface area contributed by atoms with E-state index in [0.29, 0.717) is 4.68 Å². The molecule has 7 nitrogen and oxygen atoms in total. The van der Waals surface area contributed by atoms with Crippen LogP contribution in [0.15, 0.2) is 36.8 Å². The molecule has 0 radical (unpaired) electrons. The average molecular weight is 341 g/mol. The van der Waals surface area contributed by atoms with Gasteiger partial charge in [0.1, 0.15) is 0 Å². The Morgan fingerprint density at radius 1 is 1.25 bits per heavy atom. The van der Waals surface area contributed by atoms with E-state index in [9.17, 15) is 22.8 Å². The average Bonchev–Trinajstić information content (AvgIpc) is 2.99. The van der Waals surface area contributed by atoms with Crippen LogP contribution in [-0.2, 0) is 9.59 Å². The molecule has 0 bridgehead atoms. The summed E-state index contributed by atoms with van der Waals surface area (Å²) in [4.78, 5) is 27.0. The fraction of sp³-hybridized carbons (Fsp3) is 0.286. The molecule has 2 amide bonds. The van der Waals surface area contributed by atoms with Crippen LogP contribution in [0.25, 0.3) is 0 Å². The highest BCUT2D eigenvalue weighted by Crippen LogP contribution is 2.33. The van der Waals surface area contributed by atoms with Crippen LogP contribution in [-0.4, -0.2) is 32.8 Å². The molecular formula is C14H14F3N5O2. The van der Waals surface area contributed by atoms with Gasteiger partial charge in [-0.25, -0.2) is 4.98 Å². The maximum atomic E-state index is 13.1. The highest BCUT2D eigenvalue weighted by Gasteiger charge is 2.42. The number of amides is 2. The van der Waals surface area contributed by atoms with Crippen molar-refractivity contribution < 1.29 is 22.8 Å². The summed E-state index contributed by atoms with van der Waals surface area (Å²) in [5.74, 6) is -1.33. The molecule has 24 heavy (non-hydrogen) atoms. The minimum Gasteiger partial charge on any atom is -0.323 e. The lowest BCUT2D eigenvalue weighted by molar-refractivity contribution is -0.174. The maximum absolute atomic E-state index is 13.1. The molecule has 2 heterocycles. The molecule has 1 atom stereocenters. The number of carbonyl (C=O) groups excluding carboxylic acids is 2. The third kappa shape index (κ3) is 4.54. The van der Waals surface area contributed by atoms with E-state index in [1.165, 1.54) is 37.5 Å².